The molecule has 124 valence electrons. The highest BCUT2D eigenvalue weighted by atomic mass is 16.7. The van der Waals surface area contributed by atoms with Crippen molar-refractivity contribution in [2.24, 2.45) is 0 Å². The van der Waals surface area contributed by atoms with Crippen LogP contribution in [0.25, 0.3) is 0 Å². The fraction of sp³-hybridized carbons (Fsp3) is 1.00. The molecule has 0 aliphatic carbocycles. The Balaban J connectivity index is 2.06. The summed E-state index contributed by atoms with van der Waals surface area (Å²) in [7, 11) is 0. The van der Waals surface area contributed by atoms with Gasteiger partial charge in [-0.05, 0) is 0 Å². The lowest BCUT2D eigenvalue weighted by Crippen LogP contribution is -2.62. The Labute approximate surface area is 119 Å². The van der Waals surface area contributed by atoms with Crippen LogP contribution >= 0.6 is 0 Å². The predicted molar refractivity (Wildman–Crippen MR) is 62.6 cm³/mol. The van der Waals surface area contributed by atoms with Crippen molar-refractivity contribution in [3.05, 3.63) is 0 Å². The first kappa shape index (κ1) is 17.0. The first-order chi connectivity index (χ1) is 9.86. The lowest BCUT2D eigenvalue weighted by molar-refractivity contribution is -0.345. The third-order valence-electron chi connectivity index (χ3n) is 3.59. The molecule has 0 aromatic carbocycles. The molecule has 0 bridgehead atoms. The molecule has 2 aliphatic heterocycles. The molecule has 0 spiro atoms. The van der Waals surface area contributed by atoms with E-state index in [1.165, 1.54) is 0 Å². The van der Waals surface area contributed by atoms with E-state index in [2.05, 4.69) is 4.74 Å². The zero-order chi connectivity index (χ0) is 15.7. The smallest absolute Gasteiger partial charge is 0.187 e. The molecule has 2 fully saturated rings. The SMILES string of the molecule is OC[C@@H]1O[C@H](O[C@H]2[C@@H](O)[C@@H](O)OC[C@H]2O)[C@@H](O)[C@H](O)[C@H]1O. The van der Waals surface area contributed by atoms with E-state index in [-0.39, 0.29) is 6.61 Å². The average molecular weight is 312 g/mol. The van der Waals surface area contributed by atoms with Crippen LogP contribution in [0.2, 0.25) is 0 Å². The minimum Gasteiger partial charge on any atom is -0.394 e. The molecule has 9 atom stereocenters. The van der Waals surface area contributed by atoms with E-state index in [4.69, 9.17) is 14.6 Å². The van der Waals surface area contributed by atoms with E-state index in [0.717, 1.165) is 0 Å². The van der Waals surface area contributed by atoms with Gasteiger partial charge in [-0.3, -0.25) is 0 Å². The number of aliphatic hydroxyl groups excluding tert-OH is 7. The molecule has 0 aromatic rings. The molecule has 2 heterocycles. The Kier molecular flexibility index (Phi) is 5.48. The van der Waals surface area contributed by atoms with Gasteiger partial charge < -0.3 is 50.0 Å². The lowest BCUT2D eigenvalue weighted by atomic mass is 9.98. The van der Waals surface area contributed by atoms with Crippen molar-refractivity contribution in [1.29, 1.82) is 0 Å². The summed E-state index contributed by atoms with van der Waals surface area (Å²) in [5.41, 5.74) is 0. The van der Waals surface area contributed by atoms with Gasteiger partial charge in [0, 0.05) is 0 Å². The molecule has 2 saturated heterocycles. The molecule has 0 amide bonds. The van der Waals surface area contributed by atoms with Crippen LogP contribution in [0.3, 0.4) is 0 Å². The van der Waals surface area contributed by atoms with E-state index in [0.29, 0.717) is 0 Å². The average Bonchev–Trinajstić information content (AvgIpc) is 2.47. The molecule has 0 radical (unpaired) electrons. The van der Waals surface area contributed by atoms with Gasteiger partial charge in [0.2, 0.25) is 0 Å². The number of hydrogen-bond donors (Lipinski definition) is 7. The van der Waals surface area contributed by atoms with E-state index in [1.807, 2.05) is 0 Å². The Bertz CT molecular complexity index is 339. The lowest BCUT2D eigenvalue weighted by Gasteiger charge is -2.43. The highest BCUT2D eigenvalue weighted by Gasteiger charge is 2.48. The first-order valence-electron chi connectivity index (χ1n) is 6.48. The first-order valence-corrected chi connectivity index (χ1v) is 6.48. The van der Waals surface area contributed by atoms with Crippen LogP contribution < -0.4 is 0 Å². The van der Waals surface area contributed by atoms with Crippen LogP contribution in [0.5, 0.6) is 0 Å². The topological polar surface area (TPSA) is 169 Å². The van der Waals surface area contributed by atoms with Gasteiger partial charge >= 0.3 is 0 Å². The number of rotatable bonds is 3. The Hall–Kier alpha value is -0.400. The molecule has 0 aromatic heterocycles. The normalized spacial score (nSPS) is 51.9. The van der Waals surface area contributed by atoms with Gasteiger partial charge in [0.1, 0.15) is 42.7 Å². The van der Waals surface area contributed by atoms with Crippen LogP contribution in [0.1, 0.15) is 0 Å². The summed E-state index contributed by atoms with van der Waals surface area (Å²) in [4.78, 5) is 0. The number of ether oxygens (including phenoxy) is 3. The fourth-order valence-corrected chi connectivity index (χ4v) is 2.29. The van der Waals surface area contributed by atoms with Gasteiger partial charge in [0.05, 0.1) is 13.2 Å². The predicted octanol–water partition coefficient (Wildman–Crippen LogP) is -4.76. The molecular weight excluding hydrogens is 292 g/mol. The van der Waals surface area contributed by atoms with Crippen LogP contribution in [0.4, 0.5) is 0 Å². The minimum absolute atomic E-state index is 0.305. The van der Waals surface area contributed by atoms with Crippen molar-refractivity contribution in [2.75, 3.05) is 13.2 Å². The summed E-state index contributed by atoms with van der Waals surface area (Å²) >= 11 is 0. The summed E-state index contributed by atoms with van der Waals surface area (Å²) in [5, 5.41) is 66.8. The Morgan fingerprint density at radius 2 is 1.57 bits per heavy atom. The number of aliphatic hydroxyl groups is 7. The third kappa shape index (κ3) is 3.35. The maximum atomic E-state index is 9.79. The largest absolute Gasteiger partial charge is 0.394 e. The molecule has 7 N–H and O–H groups in total. The maximum absolute atomic E-state index is 9.79. The van der Waals surface area contributed by atoms with Gasteiger partial charge in [-0.1, -0.05) is 0 Å². The molecule has 0 saturated carbocycles. The van der Waals surface area contributed by atoms with Gasteiger partial charge in [0.15, 0.2) is 12.6 Å². The minimum atomic E-state index is -1.66. The van der Waals surface area contributed by atoms with Crippen molar-refractivity contribution < 1.29 is 50.0 Å². The molecule has 10 heteroatoms. The quantitative estimate of drug-likeness (QED) is 0.268. The molecular formula is C11H20O10. The third-order valence-corrected chi connectivity index (χ3v) is 3.59. The standard InChI is InChI=1S/C11H20O10/c12-1-4-5(14)6(15)7(16)11(20-4)21-9-3(13)2-19-10(18)8(9)17/h3-18H,1-2H2/t3-,4+,5+,6-,7+,8-,9-,10+,11-/m1/s1. The van der Waals surface area contributed by atoms with Crippen molar-refractivity contribution in [1.82, 2.24) is 0 Å². The van der Waals surface area contributed by atoms with Crippen molar-refractivity contribution in [2.45, 2.75) is 55.3 Å². The second kappa shape index (κ2) is 6.79. The summed E-state index contributed by atoms with van der Waals surface area (Å²) in [5.74, 6) is 0. The van der Waals surface area contributed by atoms with E-state index < -0.39 is 61.9 Å². The van der Waals surface area contributed by atoms with E-state index in [1.54, 1.807) is 0 Å². The molecule has 2 rings (SSSR count). The maximum Gasteiger partial charge on any atom is 0.187 e. The van der Waals surface area contributed by atoms with E-state index >= 15 is 0 Å². The summed E-state index contributed by atoms with van der Waals surface area (Å²) in [6.07, 6.45) is -13.3. The van der Waals surface area contributed by atoms with Crippen molar-refractivity contribution in [3.63, 3.8) is 0 Å². The molecule has 0 unspecified atom stereocenters. The van der Waals surface area contributed by atoms with Crippen molar-refractivity contribution >= 4 is 0 Å². The number of hydrogen-bond acceptors (Lipinski definition) is 10. The van der Waals surface area contributed by atoms with Crippen LogP contribution in [0.15, 0.2) is 0 Å². The highest BCUT2D eigenvalue weighted by molar-refractivity contribution is 4.91. The molecule has 21 heavy (non-hydrogen) atoms. The van der Waals surface area contributed by atoms with Crippen LogP contribution in [-0.2, 0) is 14.2 Å². The highest BCUT2D eigenvalue weighted by Crippen LogP contribution is 2.26. The van der Waals surface area contributed by atoms with Gasteiger partial charge in [0.25, 0.3) is 0 Å². The van der Waals surface area contributed by atoms with E-state index in [9.17, 15) is 30.6 Å². The Morgan fingerprint density at radius 1 is 0.905 bits per heavy atom. The summed E-state index contributed by atoms with van der Waals surface area (Å²) < 4.78 is 15.0. The van der Waals surface area contributed by atoms with Crippen molar-refractivity contribution in [3.8, 4) is 0 Å². The fourth-order valence-electron chi connectivity index (χ4n) is 2.29. The zero-order valence-corrected chi connectivity index (χ0v) is 11.0. The zero-order valence-electron chi connectivity index (χ0n) is 11.0. The molecule has 10 nitrogen and oxygen atoms in total. The van der Waals surface area contributed by atoms with Gasteiger partial charge in [-0.2, -0.15) is 0 Å². The van der Waals surface area contributed by atoms with Gasteiger partial charge in [-0.25, -0.2) is 0 Å². The Morgan fingerprint density at radius 3 is 2.19 bits per heavy atom. The van der Waals surface area contributed by atoms with Crippen LogP contribution in [0, 0.1) is 0 Å². The van der Waals surface area contributed by atoms with Crippen LogP contribution in [-0.4, -0.2) is 104 Å². The second-order valence-corrected chi connectivity index (χ2v) is 5.08. The summed E-state index contributed by atoms with van der Waals surface area (Å²) in [6.45, 7) is -0.938. The molecule has 2 aliphatic rings. The van der Waals surface area contributed by atoms with Gasteiger partial charge in [-0.15, -0.1) is 0 Å². The monoisotopic (exact) mass is 312 g/mol. The summed E-state index contributed by atoms with van der Waals surface area (Å²) in [6, 6.07) is 0. The second-order valence-electron chi connectivity index (χ2n) is 5.08.